The van der Waals surface area contributed by atoms with Gasteiger partial charge in [0.15, 0.2) is 11.5 Å². The predicted octanol–water partition coefficient (Wildman–Crippen LogP) is 2.36. The van der Waals surface area contributed by atoms with E-state index in [4.69, 9.17) is 4.42 Å². The minimum atomic E-state index is -1.14. The summed E-state index contributed by atoms with van der Waals surface area (Å²) in [4.78, 5) is 23.7. The zero-order valence-corrected chi connectivity index (χ0v) is 13.2. The average molecular weight is 311 g/mol. The zero-order chi connectivity index (χ0) is 16.9. The van der Waals surface area contributed by atoms with Gasteiger partial charge in [-0.05, 0) is 44.0 Å². The van der Waals surface area contributed by atoms with Crippen LogP contribution in [0.3, 0.4) is 0 Å². The molecular weight excluding hydrogens is 294 g/mol. The molecule has 0 atom stereocenters. The van der Waals surface area contributed by atoms with Gasteiger partial charge in [0.2, 0.25) is 0 Å². The molecule has 1 N–H and O–H groups in total. The maximum absolute atomic E-state index is 12.1. The summed E-state index contributed by atoms with van der Waals surface area (Å²) in [5.74, 6) is 5.19. The first-order valence-electron chi connectivity index (χ1n) is 7.00. The van der Waals surface area contributed by atoms with Gasteiger partial charge in [0, 0.05) is 5.56 Å². The van der Waals surface area contributed by atoms with Crippen LogP contribution >= 0.6 is 0 Å². The fraction of sp³-hybridized carbons (Fsp3) is 0.222. The number of carbonyl (C=O) groups excluding carboxylic acids is 2. The van der Waals surface area contributed by atoms with E-state index in [-0.39, 0.29) is 5.76 Å². The second-order valence-electron chi connectivity index (χ2n) is 5.35. The Hall–Kier alpha value is -3.00. The molecule has 5 heteroatoms. The average Bonchev–Trinajstić information content (AvgIpc) is 3.02. The van der Waals surface area contributed by atoms with E-state index in [0.717, 1.165) is 5.56 Å². The lowest BCUT2D eigenvalue weighted by molar-refractivity contribution is -0.146. The smallest absolute Gasteiger partial charge is 0.330 e. The van der Waals surface area contributed by atoms with Crippen molar-refractivity contribution >= 4 is 11.9 Å². The second kappa shape index (κ2) is 6.84. The number of carbonyl (C=O) groups is 2. The van der Waals surface area contributed by atoms with Crippen molar-refractivity contribution in [3.8, 4) is 11.8 Å². The third-order valence-electron chi connectivity index (χ3n) is 3.06. The molecule has 0 radical (unpaired) electrons. The third kappa shape index (κ3) is 4.24. The molecule has 0 aliphatic heterocycles. The highest BCUT2D eigenvalue weighted by atomic mass is 16.5. The molecule has 0 saturated carbocycles. The Morgan fingerprint density at radius 1 is 1.09 bits per heavy atom. The highest BCUT2D eigenvalue weighted by Gasteiger charge is 2.31. The van der Waals surface area contributed by atoms with Crippen molar-refractivity contribution in [2.75, 3.05) is 7.11 Å². The van der Waals surface area contributed by atoms with E-state index in [1.54, 1.807) is 19.9 Å². The quantitative estimate of drug-likeness (QED) is 0.698. The summed E-state index contributed by atoms with van der Waals surface area (Å²) in [5, 5.41) is 2.55. The van der Waals surface area contributed by atoms with Crippen LogP contribution in [0.4, 0.5) is 0 Å². The lowest BCUT2D eigenvalue weighted by Crippen LogP contribution is -2.50. The van der Waals surface area contributed by atoms with Crippen LogP contribution in [0.2, 0.25) is 0 Å². The largest absolute Gasteiger partial charge is 0.467 e. The number of hydrogen-bond acceptors (Lipinski definition) is 4. The number of furan rings is 1. The van der Waals surface area contributed by atoms with Crippen molar-refractivity contribution in [3.63, 3.8) is 0 Å². The van der Waals surface area contributed by atoms with Crippen molar-refractivity contribution in [3.05, 3.63) is 59.5 Å². The molecule has 0 fully saturated rings. The molecule has 1 aromatic carbocycles. The van der Waals surface area contributed by atoms with E-state index in [1.807, 2.05) is 30.3 Å². The summed E-state index contributed by atoms with van der Waals surface area (Å²) in [6.45, 7) is 3.10. The van der Waals surface area contributed by atoms with Gasteiger partial charge in [-0.2, -0.15) is 0 Å². The van der Waals surface area contributed by atoms with Gasteiger partial charge in [-0.1, -0.05) is 24.1 Å². The fourth-order valence-electron chi connectivity index (χ4n) is 1.83. The van der Waals surface area contributed by atoms with Gasteiger partial charge < -0.3 is 14.5 Å². The monoisotopic (exact) mass is 311 g/mol. The number of nitrogens with one attached hydrogen (secondary N) is 1. The maximum Gasteiger partial charge on any atom is 0.330 e. The number of ether oxygens (including phenoxy) is 1. The number of amides is 1. The number of rotatable bonds is 3. The van der Waals surface area contributed by atoms with Crippen LogP contribution in [0, 0.1) is 11.8 Å². The molecule has 0 unspecified atom stereocenters. The fourth-order valence-corrected chi connectivity index (χ4v) is 1.83. The van der Waals surface area contributed by atoms with Crippen LogP contribution in [0.25, 0.3) is 0 Å². The maximum atomic E-state index is 12.1. The molecule has 0 aliphatic carbocycles. The standard InChI is InChI=1S/C18H17NO4/c1-18(2,17(21)22-3)19-16(20)15-12-11-14(23-15)10-9-13-7-5-4-6-8-13/h4-8,11-12H,1-3H3,(H,19,20). The predicted molar refractivity (Wildman–Crippen MR) is 84.7 cm³/mol. The Balaban J connectivity index is 2.09. The molecule has 23 heavy (non-hydrogen) atoms. The van der Waals surface area contributed by atoms with Crippen LogP contribution in [0.1, 0.15) is 35.7 Å². The summed E-state index contributed by atoms with van der Waals surface area (Å²) in [6.07, 6.45) is 0. The molecule has 1 heterocycles. The SMILES string of the molecule is COC(=O)C(C)(C)NC(=O)c1ccc(C#Cc2ccccc2)o1. The van der Waals surface area contributed by atoms with Crippen LogP contribution in [-0.2, 0) is 9.53 Å². The Labute approximate surface area is 134 Å². The van der Waals surface area contributed by atoms with Gasteiger partial charge in [0.1, 0.15) is 5.54 Å². The Morgan fingerprint density at radius 3 is 2.43 bits per heavy atom. The lowest BCUT2D eigenvalue weighted by atomic mass is 10.1. The van der Waals surface area contributed by atoms with Gasteiger partial charge in [-0.15, -0.1) is 0 Å². The van der Waals surface area contributed by atoms with Gasteiger partial charge in [-0.25, -0.2) is 4.79 Å². The van der Waals surface area contributed by atoms with Crippen LogP contribution < -0.4 is 5.32 Å². The summed E-state index contributed by atoms with van der Waals surface area (Å²) in [5.41, 5.74) is -0.296. The third-order valence-corrected chi connectivity index (χ3v) is 3.06. The summed E-state index contributed by atoms with van der Waals surface area (Å²) < 4.78 is 10.0. The minimum absolute atomic E-state index is 0.0827. The normalized spacial score (nSPS) is 10.4. The second-order valence-corrected chi connectivity index (χ2v) is 5.35. The number of methoxy groups -OCH3 is 1. The van der Waals surface area contributed by atoms with E-state index in [0.29, 0.717) is 5.76 Å². The molecule has 118 valence electrons. The molecule has 1 amide bonds. The summed E-state index contributed by atoms with van der Waals surface area (Å²) in [6, 6.07) is 12.6. The molecule has 0 bridgehead atoms. The first-order chi connectivity index (χ1) is 10.9. The zero-order valence-electron chi connectivity index (χ0n) is 13.2. The highest BCUT2D eigenvalue weighted by Crippen LogP contribution is 2.11. The Bertz CT molecular complexity index is 763. The van der Waals surface area contributed by atoms with Crippen molar-refractivity contribution in [1.82, 2.24) is 5.32 Å². The van der Waals surface area contributed by atoms with Crippen LogP contribution in [0.15, 0.2) is 46.9 Å². The molecule has 2 aromatic rings. The van der Waals surface area contributed by atoms with Gasteiger partial charge >= 0.3 is 5.97 Å². The molecule has 0 aliphatic rings. The van der Waals surface area contributed by atoms with Gasteiger partial charge in [0.25, 0.3) is 5.91 Å². The highest BCUT2D eigenvalue weighted by molar-refractivity contribution is 5.95. The summed E-state index contributed by atoms with van der Waals surface area (Å²) in [7, 11) is 1.26. The number of benzene rings is 1. The minimum Gasteiger partial charge on any atom is -0.467 e. The topological polar surface area (TPSA) is 68.5 Å². The lowest BCUT2D eigenvalue weighted by Gasteiger charge is -2.22. The van der Waals surface area contributed by atoms with Crippen molar-refractivity contribution in [2.24, 2.45) is 0 Å². The van der Waals surface area contributed by atoms with Crippen molar-refractivity contribution < 1.29 is 18.7 Å². The molecule has 0 spiro atoms. The van der Waals surface area contributed by atoms with E-state index in [2.05, 4.69) is 21.9 Å². The Morgan fingerprint density at radius 2 is 1.78 bits per heavy atom. The van der Waals surface area contributed by atoms with Gasteiger partial charge in [0.05, 0.1) is 7.11 Å². The molecular formula is C18H17NO4. The molecule has 2 rings (SSSR count). The first-order valence-corrected chi connectivity index (χ1v) is 7.00. The van der Waals surface area contributed by atoms with E-state index >= 15 is 0 Å². The van der Waals surface area contributed by atoms with Crippen LogP contribution in [-0.4, -0.2) is 24.5 Å². The van der Waals surface area contributed by atoms with E-state index < -0.39 is 17.4 Å². The number of hydrogen-bond donors (Lipinski definition) is 1. The molecule has 5 nitrogen and oxygen atoms in total. The van der Waals surface area contributed by atoms with E-state index in [9.17, 15) is 9.59 Å². The number of esters is 1. The summed E-state index contributed by atoms with van der Waals surface area (Å²) >= 11 is 0. The van der Waals surface area contributed by atoms with Crippen LogP contribution in [0.5, 0.6) is 0 Å². The molecule has 1 aromatic heterocycles. The first kappa shape index (κ1) is 16.4. The van der Waals surface area contributed by atoms with Crippen molar-refractivity contribution in [2.45, 2.75) is 19.4 Å². The van der Waals surface area contributed by atoms with Crippen molar-refractivity contribution in [1.29, 1.82) is 0 Å². The van der Waals surface area contributed by atoms with E-state index in [1.165, 1.54) is 13.2 Å². The van der Waals surface area contributed by atoms with Gasteiger partial charge in [-0.3, -0.25) is 4.79 Å². The Kier molecular flexibility index (Phi) is 4.87. The molecule has 0 saturated heterocycles.